The molecule has 0 saturated heterocycles. The number of nitrogen functional groups attached to an aromatic ring is 1. The topological polar surface area (TPSA) is 46.3 Å². The largest absolute Gasteiger partial charge is 0.399 e. The van der Waals surface area contributed by atoms with Gasteiger partial charge in [0, 0.05) is 42.0 Å². The summed E-state index contributed by atoms with van der Waals surface area (Å²) in [5, 5.41) is 0. The average molecular weight is 240 g/mol. The van der Waals surface area contributed by atoms with Crippen LogP contribution in [0.2, 0.25) is 0 Å². The third kappa shape index (κ3) is 3.52. The highest BCUT2D eigenvalue weighted by Gasteiger charge is 2.08. The molecular formula is C12H20N2OS. The summed E-state index contributed by atoms with van der Waals surface area (Å²) in [6.07, 6.45) is 2.81. The predicted molar refractivity (Wildman–Crippen MR) is 72.2 cm³/mol. The van der Waals surface area contributed by atoms with Crippen LogP contribution in [0, 0.1) is 0 Å². The molecule has 3 nitrogen and oxygen atoms in total. The third-order valence-corrected chi connectivity index (χ3v) is 3.15. The van der Waals surface area contributed by atoms with Gasteiger partial charge in [0.05, 0.1) is 5.75 Å². The molecule has 0 spiro atoms. The molecule has 90 valence electrons. The summed E-state index contributed by atoms with van der Waals surface area (Å²) in [4.78, 5) is 2.18. The van der Waals surface area contributed by atoms with E-state index in [4.69, 9.17) is 5.73 Å². The molecule has 1 aromatic rings. The summed E-state index contributed by atoms with van der Waals surface area (Å²) in [6, 6.07) is 5.82. The molecule has 0 bridgehead atoms. The van der Waals surface area contributed by atoms with Crippen LogP contribution in [0.5, 0.6) is 0 Å². The fraction of sp³-hybridized carbons (Fsp3) is 0.500. The Hall–Kier alpha value is -1.03. The smallest absolute Gasteiger partial charge is 0.0504 e. The lowest BCUT2D eigenvalue weighted by atomic mass is 10.1. The van der Waals surface area contributed by atoms with Gasteiger partial charge in [0.25, 0.3) is 0 Å². The van der Waals surface area contributed by atoms with Crippen LogP contribution in [0.4, 0.5) is 11.4 Å². The number of anilines is 2. The van der Waals surface area contributed by atoms with E-state index in [-0.39, 0.29) is 0 Å². The fourth-order valence-corrected chi connectivity index (χ4v) is 2.44. The minimum Gasteiger partial charge on any atom is -0.399 e. The zero-order valence-corrected chi connectivity index (χ0v) is 11.0. The van der Waals surface area contributed by atoms with Crippen LogP contribution in [-0.2, 0) is 16.6 Å². The van der Waals surface area contributed by atoms with Crippen molar-refractivity contribution in [3.63, 3.8) is 0 Å². The van der Waals surface area contributed by atoms with Crippen molar-refractivity contribution in [3.8, 4) is 0 Å². The fourth-order valence-electron chi connectivity index (χ4n) is 1.77. The molecule has 4 heteroatoms. The zero-order valence-electron chi connectivity index (χ0n) is 10.2. The summed E-state index contributed by atoms with van der Waals surface area (Å²) < 4.78 is 11.3. The molecule has 0 aliphatic heterocycles. The molecular weight excluding hydrogens is 220 g/mol. The second-order valence-electron chi connectivity index (χ2n) is 4.03. The van der Waals surface area contributed by atoms with E-state index in [9.17, 15) is 4.21 Å². The van der Waals surface area contributed by atoms with Gasteiger partial charge in [-0.1, -0.05) is 6.92 Å². The maximum Gasteiger partial charge on any atom is 0.0504 e. The van der Waals surface area contributed by atoms with Crippen molar-refractivity contribution in [1.29, 1.82) is 0 Å². The minimum atomic E-state index is -0.838. The molecule has 1 rings (SSSR count). The molecule has 1 atom stereocenters. The van der Waals surface area contributed by atoms with E-state index < -0.39 is 10.8 Å². The van der Waals surface area contributed by atoms with E-state index in [0.29, 0.717) is 5.75 Å². The quantitative estimate of drug-likeness (QED) is 0.801. The number of hydrogen-bond donors (Lipinski definition) is 1. The second kappa shape index (κ2) is 5.89. The van der Waals surface area contributed by atoms with Gasteiger partial charge in [0.15, 0.2) is 0 Å². The van der Waals surface area contributed by atoms with E-state index >= 15 is 0 Å². The number of rotatable bonds is 5. The van der Waals surface area contributed by atoms with Crippen molar-refractivity contribution in [2.45, 2.75) is 19.1 Å². The predicted octanol–water partition coefficient (Wildman–Crippen LogP) is 1.99. The Balaban J connectivity index is 3.01. The molecule has 0 aliphatic carbocycles. The highest BCUT2D eigenvalue weighted by atomic mass is 32.2. The lowest BCUT2D eigenvalue weighted by Crippen LogP contribution is -2.19. The van der Waals surface area contributed by atoms with Crippen molar-refractivity contribution in [1.82, 2.24) is 0 Å². The van der Waals surface area contributed by atoms with E-state index in [1.165, 1.54) is 0 Å². The first-order chi connectivity index (χ1) is 7.54. The molecule has 0 fully saturated rings. The van der Waals surface area contributed by atoms with Crippen LogP contribution in [0.25, 0.3) is 0 Å². The van der Waals surface area contributed by atoms with Gasteiger partial charge in [-0.05, 0) is 30.2 Å². The normalized spacial score (nSPS) is 12.4. The third-order valence-electron chi connectivity index (χ3n) is 2.43. The van der Waals surface area contributed by atoms with Gasteiger partial charge < -0.3 is 10.6 Å². The molecule has 16 heavy (non-hydrogen) atoms. The van der Waals surface area contributed by atoms with Crippen LogP contribution in [0.1, 0.15) is 18.9 Å². The van der Waals surface area contributed by atoms with Gasteiger partial charge >= 0.3 is 0 Å². The number of nitrogens with zero attached hydrogens (tertiary/aromatic N) is 1. The Morgan fingerprint density at radius 3 is 2.69 bits per heavy atom. The molecule has 0 aliphatic rings. The molecule has 0 heterocycles. The first-order valence-electron chi connectivity index (χ1n) is 5.44. The highest BCUT2D eigenvalue weighted by Crippen LogP contribution is 2.23. The van der Waals surface area contributed by atoms with E-state index in [1.807, 2.05) is 18.2 Å². The van der Waals surface area contributed by atoms with Gasteiger partial charge in [-0.3, -0.25) is 4.21 Å². The van der Waals surface area contributed by atoms with Crippen LogP contribution >= 0.6 is 0 Å². The van der Waals surface area contributed by atoms with Gasteiger partial charge in [0.2, 0.25) is 0 Å². The maximum atomic E-state index is 11.3. The SMILES string of the molecule is CCCN(C)c1ccc(N)cc1CS(C)=O. The van der Waals surface area contributed by atoms with Gasteiger partial charge in [-0.25, -0.2) is 0 Å². The zero-order chi connectivity index (χ0) is 12.1. The van der Waals surface area contributed by atoms with Crippen molar-refractivity contribution in [2.24, 2.45) is 0 Å². The monoisotopic (exact) mass is 240 g/mol. The molecule has 1 unspecified atom stereocenters. The maximum absolute atomic E-state index is 11.3. The first-order valence-corrected chi connectivity index (χ1v) is 7.17. The summed E-state index contributed by atoms with van der Waals surface area (Å²) in [5.41, 5.74) is 8.69. The van der Waals surface area contributed by atoms with Crippen LogP contribution in [-0.4, -0.2) is 24.1 Å². The number of hydrogen-bond acceptors (Lipinski definition) is 3. The summed E-state index contributed by atoms with van der Waals surface area (Å²) in [5.74, 6) is 0.564. The Morgan fingerprint density at radius 1 is 1.44 bits per heavy atom. The van der Waals surface area contributed by atoms with Crippen LogP contribution in [0.15, 0.2) is 18.2 Å². The van der Waals surface area contributed by atoms with Crippen molar-refractivity contribution in [3.05, 3.63) is 23.8 Å². The second-order valence-corrected chi connectivity index (χ2v) is 5.46. The van der Waals surface area contributed by atoms with E-state index in [2.05, 4.69) is 18.9 Å². The standard InChI is InChI=1S/C12H20N2OS/c1-4-7-14(2)12-6-5-11(13)8-10(12)9-16(3)15/h5-6,8H,4,7,9,13H2,1-3H3. The van der Waals surface area contributed by atoms with E-state index in [0.717, 1.165) is 29.9 Å². The average Bonchev–Trinajstić information content (AvgIpc) is 2.16. The molecule has 1 aromatic carbocycles. The summed E-state index contributed by atoms with van der Waals surface area (Å²) >= 11 is 0. The van der Waals surface area contributed by atoms with Crippen LogP contribution in [0.3, 0.4) is 0 Å². The Labute approximate surface area is 100 Å². The number of nitrogens with two attached hydrogens (primary N) is 1. The summed E-state index contributed by atoms with van der Waals surface area (Å²) in [7, 11) is 1.21. The van der Waals surface area contributed by atoms with Crippen LogP contribution < -0.4 is 10.6 Å². The molecule has 0 radical (unpaired) electrons. The first kappa shape index (κ1) is 13.0. The van der Waals surface area contributed by atoms with Crippen molar-refractivity contribution in [2.75, 3.05) is 30.5 Å². The van der Waals surface area contributed by atoms with Gasteiger partial charge in [-0.15, -0.1) is 0 Å². The molecule has 0 amide bonds. The van der Waals surface area contributed by atoms with E-state index in [1.54, 1.807) is 6.26 Å². The Kier molecular flexibility index (Phi) is 4.80. The lowest BCUT2D eigenvalue weighted by Gasteiger charge is -2.22. The molecule has 0 saturated carbocycles. The minimum absolute atomic E-state index is 0.564. The van der Waals surface area contributed by atoms with Crippen molar-refractivity contribution < 1.29 is 4.21 Å². The lowest BCUT2D eigenvalue weighted by molar-refractivity contribution is 0.686. The molecule has 0 aromatic heterocycles. The van der Waals surface area contributed by atoms with Crippen molar-refractivity contribution >= 4 is 22.2 Å². The number of benzene rings is 1. The molecule has 2 N–H and O–H groups in total. The highest BCUT2D eigenvalue weighted by molar-refractivity contribution is 7.83. The van der Waals surface area contributed by atoms with Gasteiger partial charge in [0.1, 0.15) is 0 Å². The summed E-state index contributed by atoms with van der Waals surface area (Å²) in [6.45, 7) is 3.14. The Bertz CT molecular complexity index is 379. The Morgan fingerprint density at radius 2 is 2.12 bits per heavy atom. The van der Waals surface area contributed by atoms with Gasteiger partial charge in [-0.2, -0.15) is 0 Å².